The van der Waals surface area contributed by atoms with Crippen LogP contribution >= 0.6 is 0 Å². The second-order valence-corrected chi connectivity index (χ2v) is 4.05. The van der Waals surface area contributed by atoms with Gasteiger partial charge in [0, 0.05) is 12.7 Å². The first-order chi connectivity index (χ1) is 8.36. The van der Waals surface area contributed by atoms with Crippen LogP contribution < -0.4 is 10.6 Å². The SMILES string of the molecule is O=C(NCCOC1CCNCC1)c1ccn[nH]1. The monoisotopic (exact) mass is 238 g/mol. The molecule has 1 saturated heterocycles. The van der Waals surface area contributed by atoms with Gasteiger partial charge in [-0.15, -0.1) is 0 Å². The van der Waals surface area contributed by atoms with E-state index in [0.717, 1.165) is 25.9 Å². The van der Waals surface area contributed by atoms with Crippen molar-refractivity contribution in [2.45, 2.75) is 18.9 Å². The lowest BCUT2D eigenvalue weighted by atomic mass is 10.1. The van der Waals surface area contributed by atoms with Gasteiger partial charge in [0.15, 0.2) is 0 Å². The van der Waals surface area contributed by atoms with Gasteiger partial charge in [-0.25, -0.2) is 0 Å². The Hall–Kier alpha value is -1.40. The number of amides is 1. The smallest absolute Gasteiger partial charge is 0.269 e. The van der Waals surface area contributed by atoms with Gasteiger partial charge in [0.25, 0.3) is 5.91 Å². The van der Waals surface area contributed by atoms with Crippen molar-refractivity contribution in [3.05, 3.63) is 18.0 Å². The van der Waals surface area contributed by atoms with E-state index in [-0.39, 0.29) is 5.91 Å². The van der Waals surface area contributed by atoms with E-state index in [1.54, 1.807) is 12.3 Å². The maximum Gasteiger partial charge on any atom is 0.269 e. The fourth-order valence-electron chi connectivity index (χ4n) is 1.83. The fraction of sp³-hybridized carbons (Fsp3) is 0.636. The van der Waals surface area contributed by atoms with Gasteiger partial charge in [0.05, 0.1) is 12.7 Å². The zero-order valence-corrected chi connectivity index (χ0v) is 9.74. The number of rotatable bonds is 5. The summed E-state index contributed by atoms with van der Waals surface area (Å²) in [6.45, 7) is 3.13. The Bertz CT molecular complexity index is 333. The van der Waals surface area contributed by atoms with Crippen molar-refractivity contribution >= 4 is 5.91 Å². The van der Waals surface area contributed by atoms with Crippen molar-refractivity contribution in [1.82, 2.24) is 20.8 Å². The third-order valence-electron chi connectivity index (χ3n) is 2.77. The predicted octanol–water partition coefficient (Wildman–Crippen LogP) is -0.0919. The van der Waals surface area contributed by atoms with Crippen LogP contribution in [0.5, 0.6) is 0 Å². The highest BCUT2D eigenvalue weighted by Crippen LogP contribution is 2.06. The second-order valence-electron chi connectivity index (χ2n) is 4.05. The number of carbonyl (C=O) groups is 1. The predicted molar refractivity (Wildman–Crippen MR) is 62.8 cm³/mol. The number of H-pyrrole nitrogens is 1. The van der Waals surface area contributed by atoms with Crippen molar-refractivity contribution < 1.29 is 9.53 Å². The highest BCUT2D eigenvalue weighted by Gasteiger charge is 2.13. The summed E-state index contributed by atoms with van der Waals surface area (Å²) in [5.41, 5.74) is 0.479. The summed E-state index contributed by atoms with van der Waals surface area (Å²) < 4.78 is 5.67. The van der Waals surface area contributed by atoms with Crippen LogP contribution in [-0.4, -0.2) is 48.4 Å². The third-order valence-corrected chi connectivity index (χ3v) is 2.77. The highest BCUT2D eigenvalue weighted by atomic mass is 16.5. The minimum atomic E-state index is -0.142. The van der Waals surface area contributed by atoms with Gasteiger partial charge in [-0.2, -0.15) is 5.10 Å². The van der Waals surface area contributed by atoms with Gasteiger partial charge in [0.2, 0.25) is 0 Å². The first kappa shape index (κ1) is 12.1. The summed E-state index contributed by atoms with van der Waals surface area (Å²) in [5, 5.41) is 12.4. The Labute approximate surface area is 100 Å². The number of aromatic amines is 1. The average molecular weight is 238 g/mol. The van der Waals surface area contributed by atoms with E-state index < -0.39 is 0 Å². The Balaban J connectivity index is 1.58. The summed E-state index contributed by atoms with van der Waals surface area (Å²) in [7, 11) is 0. The summed E-state index contributed by atoms with van der Waals surface area (Å²) in [5.74, 6) is -0.142. The molecule has 1 aliphatic heterocycles. The molecule has 0 spiro atoms. The van der Waals surface area contributed by atoms with E-state index in [2.05, 4.69) is 20.8 Å². The molecule has 0 unspecified atom stereocenters. The molecule has 0 aromatic carbocycles. The topological polar surface area (TPSA) is 79.0 Å². The molecule has 0 aliphatic carbocycles. The molecule has 2 heterocycles. The van der Waals surface area contributed by atoms with Crippen LogP contribution in [0.3, 0.4) is 0 Å². The molecule has 6 nitrogen and oxygen atoms in total. The van der Waals surface area contributed by atoms with Crippen molar-refractivity contribution in [3.8, 4) is 0 Å². The van der Waals surface area contributed by atoms with E-state index in [9.17, 15) is 4.79 Å². The van der Waals surface area contributed by atoms with E-state index in [1.165, 1.54) is 0 Å². The number of hydrogen-bond acceptors (Lipinski definition) is 4. The molecule has 0 saturated carbocycles. The summed E-state index contributed by atoms with van der Waals surface area (Å²) in [4.78, 5) is 11.5. The number of nitrogens with one attached hydrogen (secondary N) is 3. The van der Waals surface area contributed by atoms with Crippen LogP contribution in [0.25, 0.3) is 0 Å². The van der Waals surface area contributed by atoms with Crippen LogP contribution in [0.15, 0.2) is 12.3 Å². The van der Waals surface area contributed by atoms with Gasteiger partial charge >= 0.3 is 0 Å². The van der Waals surface area contributed by atoms with Crippen molar-refractivity contribution in [1.29, 1.82) is 0 Å². The number of piperidine rings is 1. The molecule has 94 valence electrons. The Morgan fingerprint density at radius 2 is 2.35 bits per heavy atom. The molecule has 3 N–H and O–H groups in total. The van der Waals surface area contributed by atoms with Crippen molar-refractivity contribution in [2.24, 2.45) is 0 Å². The largest absolute Gasteiger partial charge is 0.376 e. The summed E-state index contributed by atoms with van der Waals surface area (Å²) in [6.07, 6.45) is 3.99. The Kier molecular flexibility index (Phi) is 4.52. The number of aromatic nitrogens is 2. The quantitative estimate of drug-likeness (QED) is 0.626. The zero-order valence-electron chi connectivity index (χ0n) is 9.74. The standard InChI is InChI=1S/C11H18N4O2/c16-11(10-3-6-14-15-10)13-7-8-17-9-1-4-12-5-2-9/h3,6,9,12H,1-2,4-5,7-8H2,(H,13,16)(H,14,15). The molecule has 1 aromatic rings. The van der Waals surface area contributed by atoms with Crippen LogP contribution in [0, 0.1) is 0 Å². The zero-order chi connectivity index (χ0) is 11.9. The lowest BCUT2D eigenvalue weighted by Gasteiger charge is -2.22. The van der Waals surface area contributed by atoms with Gasteiger partial charge < -0.3 is 15.4 Å². The highest BCUT2D eigenvalue weighted by molar-refractivity contribution is 5.92. The van der Waals surface area contributed by atoms with Crippen LogP contribution in [0.1, 0.15) is 23.3 Å². The molecule has 17 heavy (non-hydrogen) atoms. The van der Waals surface area contributed by atoms with E-state index in [0.29, 0.717) is 24.9 Å². The molecule has 1 amide bonds. The van der Waals surface area contributed by atoms with Gasteiger partial charge in [-0.1, -0.05) is 0 Å². The normalized spacial score (nSPS) is 16.9. The van der Waals surface area contributed by atoms with Gasteiger partial charge in [0.1, 0.15) is 5.69 Å². The van der Waals surface area contributed by atoms with Crippen LogP contribution in [0.4, 0.5) is 0 Å². The average Bonchev–Trinajstić information content (AvgIpc) is 2.89. The Morgan fingerprint density at radius 3 is 3.06 bits per heavy atom. The number of hydrogen-bond donors (Lipinski definition) is 3. The Morgan fingerprint density at radius 1 is 1.53 bits per heavy atom. The maximum absolute atomic E-state index is 11.5. The molecule has 0 atom stereocenters. The molecule has 2 rings (SSSR count). The van der Waals surface area contributed by atoms with E-state index in [4.69, 9.17) is 4.74 Å². The molecule has 1 aliphatic rings. The fourth-order valence-corrected chi connectivity index (χ4v) is 1.83. The second kappa shape index (κ2) is 6.36. The lowest BCUT2D eigenvalue weighted by Crippen LogP contribution is -2.34. The van der Waals surface area contributed by atoms with E-state index in [1.807, 2.05) is 0 Å². The van der Waals surface area contributed by atoms with Crippen LogP contribution in [-0.2, 0) is 4.74 Å². The minimum Gasteiger partial charge on any atom is -0.376 e. The third kappa shape index (κ3) is 3.83. The van der Waals surface area contributed by atoms with Crippen LogP contribution in [0.2, 0.25) is 0 Å². The number of carbonyl (C=O) groups excluding carboxylic acids is 1. The first-order valence-electron chi connectivity index (χ1n) is 5.96. The maximum atomic E-state index is 11.5. The molecule has 0 radical (unpaired) electrons. The summed E-state index contributed by atoms with van der Waals surface area (Å²) in [6, 6.07) is 1.64. The molecular formula is C11H18N4O2. The molecule has 0 bridgehead atoms. The lowest BCUT2D eigenvalue weighted by molar-refractivity contribution is 0.0343. The first-order valence-corrected chi connectivity index (χ1v) is 5.96. The summed E-state index contributed by atoms with van der Waals surface area (Å²) >= 11 is 0. The van der Waals surface area contributed by atoms with Crippen molar-refractivity contribution in [3.63, 3.8) is 0 Å². The van der Waals surface area contributed by atoms with Crippen molar-refractivity contribution in [2.75, 3.05) is 26.2 Å². The van der Waals surface area contributed by atoms with E-state index >= 15 is 0 Å². The minimum absolute atomic E-state index is 0.142. The van der Waals surface area contributed by atoms with Gasteiger partial charge in [-0.3, -0.25) is 9.89 Å². The molecule has 1 fully saturated rings. The number of nitrogens with zero attached hydrogens (tertiary/aromatic N) is 1. The molecule has 1 aromatic heterocycles. The number of ether oxygens (including phenoxy) is 1. The molecular weight excluding hydrogens is 220 g/mol. The van der Waals surface area contributed by atoms with Gasteiger partial charge in [-0.05, 0) is 32.0 Å². The molecule has 6 heteroatoms.